The molecule has 150 valence electrons. The van der Waals surface area contributed by atoms with Crippen LogP contribution in [0.15, 0.2) is 42.7 Å². The highest BCUT2D eigenvalue weighted by molar-refractivity contribution is 6.30. The van der Waals surface area contributed by atoms with Gasteiger partial charge in [0.1, 0.15) is 5.54 Å². The molecule has 0 saturated carbocycles. The topological polar surface area (TPSA) is 76.5 Å². The molecular formula is C20H25ClN4O3. The average Bonchev–Trinajstić information content (AvgIpc) is 3.29. The van der Waals surface area contributed by atoms with E-state index in [1.54, 1.807) is 23.0 Å². The highest BCUT2D eigenvalue weighted by atomic mass is 35.5. The fourth-order valence-electron chi connectivity index (χ4n) is 3.92. The summed E-state index contributed by atoms with van der Waals surface area (Å²) in [5, 5.41) is 7.74. The Kier molecular flexibility index (Phi) is 6.05. The molecule has 8 heteroatoms. The summed E-state index contributed by atoms with van der Waals surface area (Å²) in [6.07, 6.45) is 3.92. The molecule has 1 aliphatic heterocycles. The number of rotatable bonds is 6. The van der Waals surface area contributed by atoms with Crippen molar-refractivity contribution in [1.82, 2.24) is 20.0 Å². The molecule has 3 atom stereocenters. The lowest BCUT2D eigenvalue weighted by Crippen LogP contribution is -2.47. The van der Waals surface area contributed by atoms with Gasteiger partial charge in [0, 0.05) is 30.0 Å². The van der Waals surface area contributed by atoms with Crippen molar-refractivity contribution in [3.8, 4) is 0 Å². The molecule has 2 heterocycles. The van der Waals surface area contributed by atoms with Gasteiger partial charge in [-0.3, -0.25) is 19.2 Å². The number of hydrogen-bond acceptors (Lipinski definition) is 5. The predicted octanol–water partition coefficient (Wildman–Crippen LogP) is 2.28. The van der Waals surface area contributed by atoms with E-state index in [0.717, 1.165) is 5.56 Å². The first kappa shape index (κ1) is 20.4. The third kappa shape index (κ3) is 3.91. The second kappa shape index (κ2) is 8.32. The number of benzene rings is 1. The standard InChI is InChI=1S/C20H25ClN4O3/c1-20(19(27)28-3)13-16(18(26)22-10-12-25-11-4-9-23-25)17(24(20)2)14-5-7-15(21)8-6-14/h4-9,11,16-17H,10,12-13H2,1-3H3,(H,22,26)/t16-,17-,20-/m0/s1. The summed E-state index contributed by atoms with van der Waals surface area (Å²) in [6.45, 7) is 2.86. The molecule has 0 spiro atoms. The second-order valence-electron chi connectivity index (χ2n) is 7.24. The molecule has 3 rings (SSSR count). The van der Waals surface area contributed by atoms with Crippen LogP contribution in [0.4, 0.5) is 0 Å². The van der Waals surface area contributed by atoms with Crippen LogP contribution in [0.3, 0.4) is 0 Å². The van der Waals surface area contributed by atoms with Gasteiger partial charge in [-0.15, -0.1) is 0 Å². The Bertz CT molecular complexity index is 824. The van der Waals surface area contributed by atoms with Crippen LogP contribution in [-0.4, -0.2) is 52.8 Å². The van der Waals surface area contributed by atoms with Gasteiger partial charge in [-0.2, -0.15) is 5.10 Å². The molecule has 7 nitrogen and oxygen atoms in total. The number of carbonyl (C=O) groups excluding carboxylic acids is 2. The van der Waals surface area contributed by atoms with Gasteiger partial charge < -0.3 is 10.1 Å². The first-order chi connectivity index (χ1) is 13.4. The molecule has 0 unspecified atom stereocenters. The van der Waals surface area contributed by atoms with E-state index < -0.39 is 11.5 Å². The number of methoxy groups -OCH3 is 1. The number of likely N-dealkylation sites (N-methyl/N-ethyl adjacent to an activating group) is 1. The number of halogens is 1. The van der Waals surface area contributed by atoms with Crippen molar-refractivity contribution < 1.29 is 14.3 Å². The zero-order valence-electron chi connectivity index (χ0n) is 16.3. The smallest absolute Gasteiger partial charge is 0.326 e. The average molecular weight is 405 g/mol. The van der Waals surface area contributed by atoms with E-state index in [1.807, 2.05) is 43.3 Å². The lowest BCUT2D eigenvalue weighted by molar-refractivity contribution is -0.152. The van der Waals surface area contributed by atoms with Gasteiger partial charge in [-0.25, -0.2) is 0 Å². The van der Waals surface area contributed by atoms with Crippen LogP contribution in [0.25, 0.3) is 0 Å². The molecule has 1 saturated heterocycles. The molecular weight excluding hydrogens is 380 g/mol. The fraction of sp³-hybridized carbons (Fsp3) is 0.450. The van der Waals surface area contributed by atoms with Crippen molar-refractivity contribution in [3.05, 3.63) is 53.3 Å². The predicted molar refractivity (Wildman–Crippen MR) is 106 cm³/mol. The van der Waals surface area contributed by atoms with E-state index in [1.165, 1.54) is 7.11 Å². The van der Waals surface area contributed by atoms with Gasteiger partial charge in [-0.1, -0.05) is 23.7 Å². The zero-order valence-corrected chi connectivity index (χ0v) is 17.0. The molecule has 0 bridgehead atoms. The maximum absolute atomic E-state index is 13.0. The molecule has 0 aliphatic carbocycles. The number of esters is 1. The van der Waals surface area contributed by atoms with E-state index >= 15 is 0 Å². The van der Waals surface area contributed by atoms with Gasteiger partial charge in [0.15, 0.2) is 0 Å². The largest absolute Gasteiger partial charge is 0.468 e. The minimum absolute atomic E-state index is 0.0911. The summed E-state index contributed by atoms with van der Waals surface area (Å²) < 4.78 is 6.78. The van der Waals surface area contributed by atoms with E-state index in [2.05, 4.69) is 10.4 Å². The number of likely N-dealkylation sites (tertiary alicyclic amines) is 1. The number of amides is 1. The molecule has 1 aromatic carbocycles. The van der Waals surface area contributed by atoms with E-state index in [9.17, 15) is 9.59 Å². The maximum atomic E-state index is 13.0. The highest BCUT2D eigenvalue weighted by Crippen LogP contribution is 2.46. The monoisotopic (exact) mass is 404 g/mol. The first-order valence-corrected chi connectivity index (χ1v) is 9.56. The molecule has 1 aliphatic rings. The van der Waals surface area contributed by atoms with Gasteiger partial charge in [0.2, 0.25) is 5.91 Å². The number of hydrogen-bond donors (Lipinski definition) is 1. The van der Waals surface area contributed by atoms with E-state index in [0.29, 0.717) is 24.5 Å². The van der Waals surface area contributed by atoms with Crippen LogP contribution in [0.5, 0.6) is 0 Å². The Morgan fingerprint density at radius 1 is 1.36 bits per heavy atom. The van der Waals surface area contributed by atoms with Crippen molar-refractivity contribution in [2.24, 2.45) is 5.92 Å². The molecule has 1 aromatic heterocycles. The Hall–Kier alpha value is -2.38. The normalized spacial score (nSPS) is 24.9. The Labute approximate surface area is 169 Å². The first-order valence-electron chi connectivity index (χ1n) is 9.19. The number of carbonyl (C=O) groups is 2. The summed E-state index contributed by atoms with van der Waals surface area (Å²) in [6, 6.07) is 8.97. The highest BCUT2D eigenvalue weighted by Gasteiger charge is 2.54. The molecule has 1 fully saturated rings. The lowest BCUT2D eigenvalue weighted by atomic mass is 9.89. The number of ether oxygens (including phenoxy) is 1. The lowest BCUT2D eigenvalue weighted by Gasteiger charge is -2.33. The summed E-state index contributed by atoms with van der Waals surface area (Å²) in [5.74, 6) is -0.833. The molecule has 0 radical (unpaired) electrons. The van der Waals surface area contributed by atoms with Crippen molar-refractivity contribution in [2.45, 2.75) is 31.5 Å². The van der Waals surface area contributed by atoms with Crippen molar-refractivity contribution in [2.75, 3.05) is 20.7 Å². The number of nitrogens with zero attached hydrogens (tertiary/aromatic N) is 3. The Balaban J connectivity index is 1.81. The number of nitrogens with one attached hydrogen (secondary N) is 1. The second-order valence-corrected chi connectivity index (χ2v) is 7.68. The zero-order chi connectivity index (χ0) is 20.3. The van der Waals surface area contributed by atoms with Gasteiger partial charge in [0.05, 0.1) is 19.6 Å². The van der Waals surface area contributed by atoms with E-state index in [4.69, 9.17) is 16.3 Å². The molecule has 28 heavy (non-hydrogen) atoms. The van der Waals surface area contributed by atoms with Crippen LogP contribution >= 0.6 is 11.6 Å². The Morgan fingerprint density at radius 2 is 2.07 bits per heavy atom. The summed E-state index contributed by atoms with van der Waals surface area (Å²) >= 11 is 6.02. The summed E-state index contributed by atoms with van der Waals surface area (Å²) in [4.78, 5) is 27.4. The summed E-state index contributed by atoms with van der Waals surface area (Å²) in [7, 11) is 3.23. The minimum Gasteiger partial charge on any atom is -0.468 e. The van der Waals surface area contributed by atoms with Crippen molar-refractivity contribution in [1.29, 1.82) is 0 Å². The maximum Gasteiger partial charge on any atom is 0.326 e. The Morgan fingerprint density at radius 3 is 2.68 bits per heavy atom. The van der Waals surface area contributed by atoms with Crippen LogP contribution in [0.1, 0.15) is 24.9 Å². The van der Waals surface area contributed by atoms with Gasteiger partial charge in [0.25, 0.3) is 0 Å². The van der Waals surface area contributed by atoms with Crippen molar-refractivity contribution >= 4 is 23.5 Å². The molecule has 2 aromatic rings. The van der Waals surface area contributed by atoms with Crippen LogP contribution in [-0.2, 0) is 20.9 Å². The van der Waals surface area contributed by atoms with Crippen LogP contribution in [0.2, 0.25) is 5.02 Å². The van der Waals surface area contributed by atoms with Crippen LogP contribution in [0, 0.1) is 5.92 Å². The molecule has 1 N–H and O–H groups in total. The molecule has 1 amide bonds. The van der Waals surface area contributed by atoms with E-state index in [-0.39, 0.29) is 17.9 Å². The third-order valence-electron chi connectivity index (χ3n) is 5.57. The third-order valence-corrected chi connectivity index (χ3v) is 5.82. The quantitative estimate of drug-likeness (QED) is 0.747. The van der Waals surface area contributed by atoms with Gasteiger partial charge >= 0.3 is 5.97 Å². The summed E-state index contributed by atoms with van der Waals surface area (Å²) in [5.41, 5.74) is 0.0509. The van der Waals surface area contributed by atoms with Crippen LogP contribution < -0.4 is 5.32 Å². The van der Waals surface area contributed by atoms with Crippen molar-refractivity contribution in [3.63, 3.8) is 0 Å². The minimum atomic E-state index is -0.886. The van der Waals surface area contributed by atoms with Gasteiger partial charge in [-0.05, 0) is 44.2 Å². The fourth-order valence-corrected chi connectivity index (χ4v) is 4.04. The number of aromatic nitrogens is 2. The SMILES string of the molecule is COC(=O)[C@]1(C)C[C@H](C(=O)NCCn2cccn2)[C@H](c2ccc(Cl)cc2)N1C.